The summed E-state index contributed by atoms with van der Waals surface area (Å²) < 4.78 is 106. The number of aliphatic carboxylic acids is 2. The number of carboxylic acid groups (broad SMARTS) is 2. The summed E-state index contributed by atoms with van der Waals surface area (Å²) in [5.74, 6) is -28.8. The lowest BCUT2D eigenvalue weighted by Crippen LogP contribution is -2.61. The van der Waals surface area contributed by atoms with Crippen LogP contribution in [-0.4, -0.2) is 35.6 Å². The molecule has 0 spiro atoms. The van der Waals surface area contributed by atoms with E-state index >= 15 is 0 Å². The van der Waals surface area contributed by atoms with Crippen molar-refractivity contribution in [3.8, 4) is 0 Å². The fourth-order valence-electron chi connectivity index (χ4n) is 1.32. The van der Waals surface area contributed by atoms with E-state index in [-0.39, 0.29) is 24.3 Å². The molecule has 0 aliphatic carbocycles. The van der Waals surface area contributed by atoms with Gasteiger partial charge in [0.15, 0.2) is 0 Å². The molecule has 0 atom stereocenters. The van der Waals surface area contributed by atoms with Crippen molar-refractivity contribution in [2.45, 2.75) is 36.5 Å². The zero-order valence-corrected chi connectivity index (χ0v) is 11.4. The van der Waals surface area contributed by atoms with Gasteiger partial charge < -0.3 is 19.8 Å². The van der Waals surface area contributed by atoms with Crippen LogP contribution in [0.15, 0.2) is 24.3 Å². The van der Waals surface area contributed by atoms with Gasteiger partial charge in [0.05, 0.1) is 11.9 Å². The summed E-state index contributed by atoms with van der Waals surface area (Å²) in [7, 11) is 0. The van der Waals surface area contributed by atoms with Gasteiger partial charge in [0.1, 0.15) is 0 Å². The van der Waals surface area contributed by atoms with E-state index in [4.69, 9.17) is 0 Å². The molecule has 0 rings (SSSR count). The van der Waals surface area contributed by atoms with Crippen molar-refractivity contribution in [2.24, 2.45) is 0 Å². The molecule has 0 N–H and O–H groups in total. The van der Waals surface area contributed by atoms with Crippen molar-refractivity contribution in [3.05, 3.63) is 24.3 Å². The average molecular weight is 368 g/mol. The maximum Gasteiger partial charge on any atom is 0.378 e. The Bertz CT molecular complexity index is 491. The Morgan fingerprint density at radius 2 is 0.917 bits per heavy atom. The smallest absolute Gasteiger partial charge is 0.378 e. The highest BCUT2D eigenvalue weighted by atomic mass is 19.4. The molecule has 12 heteroatoms. The molecule has 0 saturated carbocycles. The Kier molecular flexibility index (Phi) is 6.54. The predicted octanol–water partition coefficient (Wildman–Crippen LogP) is 0.920. The third-order valence-electron chi connectivity index (χ3n) is 2.57. The van der Waals surface area contributed by atoms with Crippen molar-refractivity contribution in [3.63, 3.8) is 0 Å². The van der Waals surface area contributed by atoms with Crippen molar-refractivity contribution < 1.29 is 54.9 Å². The Hall–Kier alpha value is -2.14. The highest BCUT2D eigenvalue weighted by Gasteiger charge is 2.79. The fraction of sp³-hybridized carbons (Fsp3) is 0.500. The monoisotopic (exact) mass is 368 g/mol. The number of alkyl halides is 8. The second-order valence-electron chi connectivity index (χ2n) is 4.41. The normalized spacial score (nSPS) is 14.5. The lowest BCUT2D eigenvalue weighted by atomic mass is 9.94. The summed E-state index contributed by atoms with van der Waals surface area (Å²) in [4.78, 5) is 19.8. The molecule has 0 aliphatic rings. The molecule has 4 nitrogen and oxygen atoms in total. The molecule has 0 fully saturated rings. The van der Waals surface area contributed by atoms with Gasteiger partial charge in [0.2, 0.25) is 0 Å². The molecule has 0 bridgehead atoms. The number of hydrogen-bond donors (Lipinski definition) is 0. The molecule has 0 amide bonds. The van der Waals surface area contributed by atoms with E-state index in [1.807, 2.05) is 0 Å². The second-order valence-corrected chi connectivity index (χ2v) is 4.41. The van der Waals surface area contributed by atoms with E-state index in [0.717, 1.165) is 0 Å². The summed E-state index contributed by atoms with van der Waals surface area (Å²) in [6.07, 6.45) is -5.21. The first-order valence-electron chi connectivity index (χ1n) is 5.85. The summed E-state index contributed by atoms with van der Waals surface area (Å²) in [6.45, 7) is 0. The standard InChI is InChI=1S/C12H10F8O4/c13-9(14,5-1-3-7(21)22)11(17,18)12(19,20)10(15,16)6-2-4-8(23)24/h1-4H,5-6H2,(H,21,22)(H,23,24)/p-2/b3-1+,4-2+. The van der Waals surface area contributed by atoms with Crippen molar-refractivity contribution in [1.29, 1.82) is 0 Å². The molecule has 0 radical (unpaired) electrons. The number of carbonyl (C=O) groups is 2. The number of carboxylic acids is 2. The molecule has 0 unspecified atom stereocenters. The molecule has 0 aromatic rings. The summed E-state index contributed by atoms with van der Waals surface area (Å²) >= 11 is 0. The van der Waals surface area contributed by atoms with E-state index in [9.17, 15) is 54.9 Å². The minimum absolute atomic E-state index is 0.159. The van der Waals surface area contributed by atoms with E-state index in [0.29, 0.717) is 0 Å². The number of allylic oxidation sites excluding steroid dienone is 2. The lowest BCUT2D eigenvalue weighted by Gasteiger charge is -2.36. The first kappa shape index (κ1) is 21.9. The number of hydrogen-bond acceptors (Lipinski definition) is 4. The van der Waals surface area contributed by atoms with E-state index in [1.165, 1.54) is 0 Å². The van der Waals surface area contributed by atoms with Gasteiger partial charge in [-0.05, 0) is 12.2 Å². The van der Waals surface area contributed by atoms with Gasteiger partial charge in [-0.1, -0.05) is 12.2 Å². The number of rotatable bonds is 9. The summed E-state index contributed by atoms with van der Waals surface area (Å²) in [5, 5.41) is 19.8. The van der Waals surface area contributed by atoms with Gasteiger partial charge in [-0.25, -0.2) is 0 Å². The van der Waals surface area contributed by atoms with Gasteiger partial charge >= 0.3 is 23.7 Å². The molecule has 138 valence electrons. The third-order valence-corrected chi connectivity index (χ3v) is 2.57. The Morgan fingerprint density at radius 3 is 1.12 bits per heavy atom. The highest BCUT2D eigenvalue weighted by Crippen LogP contribution is 2.54. The molecular formula is C12H8F8O4-2. The lowest BCUT2D eigenvalue weighted by molar-refractivity contribution is -0.364. The number of halogens is 8. The van der Waals surface area contributed by atoms with Crippen molar-refractivity contribution in [2.75, 3.05) is 0 Å². The Balaban J connectivity index is 5.53. The molecule has 0 saturated heterocycles. The van der Waals surface area contributed by atoms with Gasteiger partial charge in [-0.2, -0.15) is 35.1 Å². The first-order chi connectivity index (χ1) is 10.6. The third kappa shape index (κ3) is 4.68. The SMILES string of the molecule is O=C([O-])/C=C/CC(F)(F)C(F)(F)C(F)(F)C(F)(F)C/C=C/C(=O)[O-]. The van der Waals surface area contributed by atoms with Crippen LogP contribution >= 0.6 is 0 Å². The Labute approximate surface area is 129 Å². The van der Waals surface area contributed by atoms with Crippen LogP contribution in [0.25, 0.3) is 0 Å². The van der Waals surface area contributed by atoms with Crippen LogP contribution in [-0.2, 0) is 9.59 Å². The summed E-state index contributed by atoms with van der Waals surface area (Å²) in [6, 6.07) is 0. The molecule has 24 heavy (non-hydrogen) atoms. The van der Waals surface area contributed by atoms with Crippen LogP contribution in [0.1, 0.15) is 12.8 Å². The fourth-order valence-corrected chi connectivity index (χ4v) is 1.32. The zero-order chi connectivity index (χ0) is 19.4. The highest BCUT2D eigenvalue weighted by molar-refractivity contribution is 5.77. The Morgan fingerprint density at radius 1 is 0.667 bits per heavy atom. The first-order valence-corrected chi connectivity index (χ1v) is 5.85. The van der Waals surface area contributed by atoms with Crippen LogP contribution in [0.4, 0.5) is 35.1 Å². The zero-order valence-electron chi connectivity index (χ0n) is 11.4. The minimum Gasteiger partial charge on any atom is -0.545 e. The maximum absolute atomic E-state index is 13.3. The molecule has 0 heterocycles. The molecule has 0 aliphatic heterocycles. The maximum atomic E-state index is 13.3. The van der Waals surface area contributed by atoms with Crippen LogP contribution in [0, 0.1) is 0 Å². The molecule has 0 aromatic carbocycles. The molecular weight excluding hydrogens is 360 g/mol. The van der Waals surface area contributed by atoms with E-state index in [1.54, 1.807) is 0 Å². The van der Waals surface area contributed by atoms with Crippen molar-refractivity contribution in [1.82, 2.24) is 0 Å². The molecule has 0 aromatic heterocycles. The summed E-state index contributed by atoms with van der Waals surface area (Å²) in [5.41, 5.74) is 0. The second kappa shape index (κ2) is 7.18. The van der Waals surface area contributed by atoms with Crippen LogP contribution in [0.5, 0.6) is 0 Å². The predicted molar refractivity (Wildman–Crippen MR) is 57.3 cm³/mol. The topological polar surface area (TPSA) is 80.3 Å². The van der Waals surface area contributed by atoms with Crippen LogP contribution < -0.4 is 10.2 Å². The average Bonchev–Trinajstić information content (AvgIpc) is 2.36. The van der Waals surface area contributed by atoms with Crippen molar-refractivity contribution >= 4 is 11.9 Å². The van der Waals surface area contributed by atoms with Gasteiger partial charge in [0, 0.05) is 12.8 Å². The largest absolute Gasteiger partial charge is 0.545 e. The van der Waals surface area contributed by atoms with Crippen LogP contribution in [0.3, 0.4) is 0 Å². The van der Waals surface area contributed by atoms with Gasteiger partial charge in [-0.15, -0.1) is 0 Å². The van der Waals surface area contributed by atoms with Crippen LogP contribution in [0.2, 0.25) is 0 Å². The number of carbonyl (C=O) groups excluding carboxylic acids is 2. The minimum atomic E-state index is -6.57. The van der Waals surface area contributed by atoms with E-state index in [2.05, 4.69) is 0 Å². The van der Waals surface area contributed by atoms with Gasteiger partial charge in [0.25, 0.3) is 0 Å². The van der Waals surface area contributed by atoms with E-state index < -0.39 is 48.5 Å². The quantitative estimate of drug-likeness (QED) is 0.448. The van der Waals surface area contributed by atoms with Gasteiger partial charge in [-0.3, -0.25) is 0 Å².